The molecule has 0 saturated heterocycles. The number of carbonyl (C=O) groups excluding carboxylic acids is 1. The topological polar surface area (TPSA) is 49.3 Å². The first kappa shape index (κ1) is 14.2. The molecule has 1 aromatic rings. The number of phenolic OH excluding ortho intramolecular Hbond substituents is 1. The van der Waals surface area contributed by atoms with Crippen LogP contribution in [0.2, 0.25) is 10.0 Å². The van der Waals surface area contributed by atoms with Crippen molar-refractivity contribution in [2.24, 2.45) is 0 Å². The molecule has 102 valence electrons. The van der Waals surface area contributed by atoms with Crippen LogP contribution in [0.4, 0.5) is 5.69 Å². The van der Waals surface area contributed by atoms with E-state index in [2.05, 4.69) is 11.4 Å². The van der Waals surface area contributed by atoms with Crippen LogP contribution >= 0.6 is 23.2 Å². The van der Waals surface area contributed by atoms with Crippen LogP contribution in [-0.2, 0) is 4.79 Å². The molecule has 0 radical (unpaired) electrons. The summed E-state index contributed by atoms with van der Waals surface area (Å²) in [5.41, 5.74) is 1.67. The second-order valence-electron chi connectivity index (χ2n) is 4.62. The monoisotopic (exact) mass is 299 g/mol. The molecule has 0 atom stereocenters. The summed E-state index contributed by atoms with van der Waals surface area (Å²) < 4.78 is 0. The van der Waals surface area contributed by atoms with Gasteiger partial charge in [0.1, 0.15) is 0 Å². The van der Waals surface area contributed by atoms with Gasteiger partial charge in [-0.25, -0.2) is 0 Å². The van der Waals surface area contributed by atoms with Gasteiger partial charge in [0.15, 0.2) is 5.75 Å². The summed E-state index contributed by atoms with van der Waals surface area (Å²) in [6.45, 7) is 0. The van der Waals surface area contributed by atoms with E-state index in [1.165, 1.54) is 24.1 Å². The molecule has 0 bridgehead atoms. The van der Waals surface area contributed by atoms with Gasteiger partial charge in [-0.05, 0) is 37.8 Å². The Balaban J connectivity index is 2.00. The molecule has 1 aliphatic carbocycles. The number of benzene rings is 1. The molecule has 0 aromatic heterocycles. The molecular formula is C14H15Cl2NO2. The maximum atomic E-state index is 11.9. The molecule has 0 aliphatic heterocycles. The quantitative estimate of drug-likeness (QED) is 0.636. The lowest BCUT2D eigenvalue weighted by Crippen LogP contribution is -2.13. The van der Waals surface area contributed by atoms with Gasteiger partial charge < -0.3 is 10.4 Å². The molecule has 0 spiro atoms. The second-order valence-corrected chi connectivity index (χ2v) is 5.44. The van der Waals surface area contributed by atoms with Crippen molar-refractivity contribution >= 4 is 34.8 Å². The first-order valence-corrected chi connectivity index (χ1v) is 6.97. The Morgan fingerprint density at radius 2 is 1.95 bits per heavy atom. The third-order valence-electron chi connectivity index (χ3n) is 3.07. The van der Waals surface area contributed by atoms with Crippen molar-refractivity contribution in [2.45, 2.75) is 32.1 Å². The summed E-state index contributed by atoms with van der Waals surface area (Å²) >= 11 is 11.6. The maximum absolute atomic E-state index is 11.9. The summed E-state index contributed by atoms with van der Waals surface area (Å²) in [5.74, 6) is -0.262. The van der Waals surface area contributed by atoms with E-state index in [0.29, 0.717) is 12.1 Å². The van der Waals surface area contributed by atoms with Gasteiger partial charge in [0.25, 0.3) is 0 Å². The van der Waals surface area contributed by atoms with Crippen molar-refractivity contribution in [1.82, 2.24) is 0 Å². The Kier molecular flexibility index (Phi) is 4.72. The Morgan fingerprint density at radius 3 is 2.53 bits per heavy atom. The fraction of sp³-hybridized carbons (Fsp3) is 0.357. The van der Waals surface area contributed by atoms with Gasteiger partial charge in [-0.3, -0.25) is 4.79 Å². The van der Waals surface area contributed by atoms with Crippen molar-refractivity contribution in [3.8, 4) is 5.75 Å². The summed E-state index contributed by atoms with van der Waals surface area (Å²) in [7, 11) is 0. The van der Waals surface area contributed by atoms with Gasteiger partial charge >= 0.3 is 0 Å². The van der Waals surface area contributed by atoms with Crippen LogP contribution in [-0.4, -0.2) is 11.0 Å². The molecule has 2 N–H and O–H groups in total. The van der Waals surface area contributed by atoms with E-state index < -0.39 is 0 Å². The number of nitrogens with one attached hydrogen (secondary N) is 1. The minimum atomic E-state index is -0.170. The van der Waals surface area contributed by atoms with Gasteiger partial charge in [0, 0.05) is 12.1 Å². The van der Waals surface area contributed by atoms with E-state index in [4.69, 9.17) is 23.2 Å². The number of amides is 1. The average Bonchev–Trinajstić information content (AvgIpc) is 2.37. The molecule has 1 aromatic carbocycles. The highest BCUT2D eigenvalue weighted by atomic mass is 35.5. The number of allylic oxidation sites excluding steroid dienone is 1. The normalized spacial score (nSPS) is 14.9. The van der Waals surface area contributed by atoms with E-state index in [1.807, 2.05) is 0 Å². The van der Waals surface area contributed by atoms with Crippen LogP contribution in [0.25, 0.3) is 0 Å². The SMILES string of the molecule is O=C(CC1=CCCCC1)Nc1cc(Cl)c(O)c(Cl)c1. The number of carbonyl (C=O) groups is 1. The molecule has 0 fully saturated rings. The molecule has 5 heteroatoms. The van der Waals surface area contributed by atoms with Crippen LogP contribution in [0.5, 0.6) is 5.75 Å². The van der Waals surface area contributed by atoms with Gasteiger partial charge in [0.2, 0.25) is 5.91 Å². The molecule has 0 saturated carbocycles. The Hall–Kier alpha value is -1.19. The highest BCUT2D eigenvalue weighted by Crippen LogP contribution is 2.34. The summed E-state index contributed by atoms with van der Waals surface area (Å²) in [4.78, 5) is 11.9. The molecule has 0 heterocycles. The predicted molar refractivity (Wildman–Crippen MR) is 77.9 cm³/mol. The molecule has 0 unspecified atom stereocenters. The second kappa shape index (κ2) is 6.31. The van der Waals surface area contributed by atoms with Crippen molar-refractivity contribution in [2.75, 3.05) is 5.32 Å². The summed E-state index contributed by atoms with van der Waals surface area (Å²) in [6, 6.07) is 2.96. The van der Waals surface area contributed by atoms with Gasteiger partial charge in [-0.2, -0.15) is 0 Å². The van der Waals surface area contributed by atoms with Crippen molar-refractivity contribution in [3.63, 3.8) is 0 Å². The first-order valence-electron chi connectivity index (χ1n) is 6.22. The van der Waals surface area contributed by atoms with Crippen molar-refractivity contribution in [1.29, 1.82) is 0 Å². The summed E-state index contributed by atoms with van der Waals surface area (Å²) in [5, 5.41) is 12.4. The Labute approximate surface area is 122 Å². The largest absolute Gasteiger partial charge is 0.505 e. The number of hydrogen-bond donors (Lipinski definition) is 2. The van der Waals surface area contributed by atoms with E-state index in [1.54, 1.807) is 0 Å². The number of halogens is 2. The highest BCUT2D eigenvalue weighted by Gasteiger charge is 2.11. The zero-order valence-corrected chi connectivity index (χ0v) is 11.9. The van der Waals surface area contributed by atoms with E-state index in [-0.39, 0.29) is 21.7 Å². The van der Waals surface area contributed by atoms with Gasteiger partial charge in [-0.1, -0.05) is 34.9 Å². The number of hydrogen-bond acceptors (Lipinski definition) is 2. The molecule has 3 nitrogen and oxygen atoms in total. The molecule has 2 rings (SSSR count). The van der Waals surface area contributed by atoms with Crippen LogP contribution < -0.4 is 5.32 Å². The predicted octanol–water partition coefficient (Wildman–Crippen LogP) is 4.53. The van der Waals surface area contributed by atoms with Crippen LogP contribution in [0, 0.1) is 0 Å². The first-order chi connectivity index (χ1) is 9.06. The zero-order valence-electron chi connectivity index (χ0n) is 10.4. The minimum Gasteiger partial charge on any atom is -0.505 e. The smallest absolute Gasteiger partial charge is 0.228 e. The Bertz CT molecular complexity index is 503. The minimum absolute atomic E-state index is 0.0917. The van der Waals surface area contributed by atoms with Gasteiger partial charge in [0.05, 0.1) is 10.0 Å². The molecular weight excluding hydrogens is 285 g/mol. The maximum Gasteiger partial charge on any atom is 0.228 e. The number of rotatable bonds is 3. The lowest BCUT2D eigenvalue weighted by molar-refractivity contribution is -0.115. The van der Waals surface area contributed by atoms with E-state index in [9.17, 15) is 9.90 Å². The molecule has 1 aliphatic rings. The lowest BCUT2D eigenvalue weighted by atomic mass is 9.97. The van der Waals surface area contributed by atoms with Gasteiger partial charge in [-0.15, -0.1) is 0 Å². The third kappa shape index (κ3) is 3.88. The molecule has 19 heavy (non-hydrogen) atoms. The fourth-order valence-electron chi connectivity index (χ4n) is 2.11. The number of phenols is 1. The fourth-order valence-corrected chi connectivity index (χ4v) is 2.60. The van der Waals surface area contributed by atoms with Crippen molar-refractivity contribution in [3.05, 3.63) is 33.8 Å². The zero-order chi connectivity index (χ0) is 13.8. The van der Waals surface area contributed by atoms with Crippen LogP contribution in [0.15, 0.2) is 23.8 Å². The lowest BCUT2D eigenvalue weighted by Gasteiger charge is -2.13. The van der Waals surface area contributed by atoms with Crippen molar-refractivity contribution < 1.29 is 9.90 Å². The van der Waals surface area contributed by atoms with Crippen LogP contribution in [0.3, 0.4) is 0 Å². The summed E-state index contributed by atoms with van der Waals surface area (Å²) in [6.07, 6.45) is 6.93. The van der Waals surface area contributed by atoms with Crippen LogP contribution in [0.1, 0.15) is 32.1 Å². The van der Waals surface area contributed by atoms with E-state index >= 15 is 0 Å². The number of aromatic hydroxyl groups is 1. The average molecular weight is 300 g/mol. The number of anilines is 1. The third-order valence-corrected chi connectivity index (χ3v) is 3.65. The molecule has 1 amide bonds. The highest BCUT2D eigenvalue weighted by molar-refractivity contribution is 6.37. The van der Waals surface area contributed by atoms with E-state index in [0.717, 1.165) is 19.3 Å². The Morgan fingerprint density at radius 1 is 1.26 bits per heavy atom. The standard InChI is InChI=1S/C14H15Cl2NO2/c15-11-7-10(8-12(16)14(11)19)17-13(18)6-9-4-2-1-3-5-9/h4,7-8,19H,1-3,5-6H2,(H,17,18).